The van der Waals surface area contributed by atoms with Gasteiger partial charge in [0.15, 0.2) is 5.96 Å². The fourth-order valence-electron chi connectivity index (χ4n) is 2.74. The Kier molecular flexibility index (Phi) is 9.63. The largest absolute Gasteiger partial charge is 0.357 e. The Labute approximate surface area is 166 Å². The topological polar surface area (TPSA) is 39.7 Å². The lowest BCUT2D eigenvalue weighted by atomic mass is 10.2. The highest BCUT2D eigenvalue weighted by atomic mass is 127. The van der Waals surface area contributed by atoms with Crippen LogP contribution in [-0.2, 0) is 6.54 Å². The zero-order chi connectivity index (χ0) is 17.5. The number of aliphatic imine (C=N–C) groups is 1. The molecule has 1 aromatic carbocycles. The first-order valence-corrected chi connectivity index (χ1v) is 8.73. The van der Waals surface area contributed by atoms with Crippen molar-refractivity contribution in [1.82, 2.24) is 15.5 Å². The molecule has 1 fully saturated rings. The Morgan fingerprint density at radius 3 is 2.60 bits per heavy atom. The van der Waals surface area contributed by atoms with Gasteiger partial charge in [-0.15, -0.1) is 24.0 Å². The molecule has 0 atom stereocenters. The van der Waals surface area contributed by atoms with Crippen molar-refractivity contribution in [3.8, 4) is 0 Å². The highest BCUT2D eigenvalue weighted by Crippen LogP contribution is 2.27. The van der Waals surface area contributed by atoms with Gasteiger partial charge in [0.2, 0.25) is 0 Å². The van der Waals surface area contributed by atoms with E-state index in [1.807, 2.05) is 6.92 Å². The Balaban J connectivity index is 0.00000312. The average molecular weight is 466 g/mol. The molecule has 0 heterocycles. The van der Waals surface area contributed by atoms with Crippen molar-refractivity contribution in [1.29, 1.82) is 0 Å². The van der Waals surface area contributed by atoms with Crippen molar-refractivity contribution in [3.05, 3.63) is 35.4 Å². The summed E-state index contributed by atoms with van der Waals surface area (Å²) in [5.41, 5.74) is 0.258. The fourth-order valence-corrected chi connectivity index (χ4v) is 2.74. The van der Waals surface area contributed by atoms with Crippen LogP contribution in [0.15, 0.2) is 23.2 Å². The number of nitrogens with one attached hydrogen (secondary N) is 2. The second-order valence-electron chi connectivity index (χ2n) is 6.42. The third-order valence-corrected chi connectivity index (χ3v) is 4.10. The molecular formula is C18H29F2IN4. The zero-order valence-electron chi connectivity index (χ0n) is 15.2. The average Bonchev–Trinajstić information content (AvgIpc) is 3.36. The van der Waals surface area contributed by atoms with Crippen LogP contribution in [0.3, 0.4) is 0 Å². The molecule has 142 valence electrons. The highest BCUT2D eigenvalue weighted by molar-refractivity contribution is 14.0. The summed E-state index contributed by atoms with van der Waals surface area (Å²) in [6.07, 6.45) is 2.57. The van der Waals surface area contributed by atoms with E-state index in [0.29, 0.717) is 24.6 Å². The van der Waals surface area contributed by atoms with Gasteiger partial charge < -0.3 is 10.6 Å². The Morgan fingerprint density at radius 1 is 1.28 bits per heavy atom. The molecular weight excluding hydrogens is 437 g/mol. The summed E-state index contributed by atoms with van der Waals surface area (Å²) in [4.78, 5) is 6.85. The molecule has 1 aliphatic carbocycles. The molecule has 0 aromatic heterocycles. The van der Waals surface area contributed by atoms with Gasteiger partial charge in [-0.2, -0.15) is 0 Å². The minimum Gasteiger partial charge on any atom is -0.357 e. The first-order valence-electron chi connectivity index (χ1n) is 8.73. The molecule has 1 aromatic rings. The predicted octanol–water partition coefficient (Wildman–Crippen LogP) is 3.51. The van der Waals surface area contributed by atoms with Crippen LogP contribution in [-0.4, -0.2) is 42.6 Å². The maximum atomic E-state index is 13.7. The summed E-state index contributed by atoms with van der Waals surface area (Å²) in [7, 11) is 0. The van der Waals surface area contributed by atoms with E-state index in [1.165, 1.54) is 18.9 Å². The van der Waals surface area contributed by atoms with Crippen molar-refractivity contribution in [2.75, 3.05) is 19.6 Å². The van der Waals surface area contributed by atoms with E-state index >= 15 is 0 Å². The van der Waals surface area contributed by atoms with Crippen molar-refractivity contribution in [3.63, 3.8) is 0 Å². The normalized spacial score (nSPS) is 14.6. The third-order valence-electron chi connectivity index (χ3n) is 4.10. The Bertz CT molecular complexity index is 560. The fraction of sp³-hybridized carbons (Fsp3) is 0.611. The van der Waals surface area contributed by atoms with Gasteiger partial charge in [-0.25, -0.2) is 13.8 Å². The lowest BCUT2D eigenvalue weighted by molar-refractivity contribution is 0.215. The molecule has 7 heteroatoms. The number of hydrogen-bond acceptors (Lipinski definition) is 2. The number of rotatable bonds is 8. The van der Waals surface area contributed by atoms with Crippen molar-refractivity contribution in [2.24, 2.45) is 4.99 Å². The summed E-state index contributed by atoms with van der Waals surface area (Å²) in [6.45, 7) is 8.94. The first kappa shape index (κ1) is 22.1. The van der Waals surface area contributed by atoms with E-state index in [2.05, 4.69) is 34.4 Å². The van der Waals surface area contributed by atoms with Crippen molar-refractivity contribution in [2.45, 2.75) is 52.2 Å². The van der Waals surface area contributed by atoms with Crippen molar-refractivity contribution >= 4 is 29.9 Å². The third kappa shape index (κ3) is 7.43. The molecule has 2 N–H and O–H groups in total. The molecule has 0 saturated heterocycles. The molecule has 25 heavy (non-hydrogen) atoms. The zero-order valence-corrected chi connectivity index (χ0v) is 17.5. The van der Waals surface area contributed by atoms with Gasteiger partial charge in [0.05, 0.1) is 6.54 Å². The summed E-state index contributed by atoms with van der Waals surface area (Å²) in [6, 6.07) is 4.68. The molecule has 2 rings (SSSR count). The standard InChI is InChI=1S/C18H28F2N4.HI/c1-4-21-18(22-9-10-24(13(2)3)16-6-7-16)23-12-14-11-15(19)5-8-17(14)20;/h5,8,11,13,16H,4,6-7,9-10,12H2,1-3H3,(H2,21,22,23);1H. The number of halogens is 3. The minimum atomic E-state index is -0.448. The van der Waals surface area contributed by atoms with Crippen LogP contribution in [0, 0.1) is 11.6 Å². The van der Waals surface area contributed by atoms with Crippen LogP contribution in [0.1, 0.15) is 39.2 Å². The lowest BCUT2D eigenvalue weighted by Gasteiger charge is -2.26. The summed E-state index contributed by atoms with van der Waals surface area (Å²) in [5, 5.41) is 6.41. The van der Waals surface area contributed by atoms with Gasteiger partial charge in [0.25, 0.3) is 0 Å². The number of guanidine groups is 1. The van der Waals surface area contributed by atoms with E-state index in [0.717, 1.165) is 25.2 Å². The molecule has 0 radical (unpaired) electrons. The minimum absolute atomic E-state index is 0. The highest BCUT2D eigenvalue weighted by Gasteiger charge is 2.30. The summed E-state index contributed by atoms with van der Waals surface area (Å²) >= 11 is 0. The van der Waals surface area contributed by atoms with Gasteiger partial charge in [-0.3, -0.25) is 4.90 Å². The molecule has 1 aliphatic rings. The Morgan fingerprint density at radius 2 is 2.00 bits per heavy atom. The van der Waals surface area contributed by atoms with Crippen LogP contribution in [0.5, 0.6) is 0 Å². The summed E-state index contributed by atoms with van der Waals surface area (Å²) < 4.78 is 26.9. The van der Waals surface area contributed by atoms with Crippen LogP contribution in [0.4, 0.5) is 8.78 Å². The molecule has 0 bridgehead atoms. The molecule has 0 aliphatic heterocycles. The van der Waals surface area contributed by atoms with E-state index in [4.69, 9.17) is 0 Å². The SMILES string of the molecule is CCNC(=NCc1cc(F)ccc1F)NCCN(C(C)C)C1CC1.I. The van der Waals surface area contributed by atoms with Gasteiger partial charge in [0.1, 0.15) is 11.6 Å². The molecule has 1 saturated carbocycles. The lowest BCUT2D eigenvalue weighted by Crippen LogP contribution is -2.43. The molecule has 0 unspecified atom stereocenters. The van der Waals surface area contributed by atoms with Gasteiger partial charge in [-0.1, -0.05) is 0 Å². The van der Waals surface area contributed by atoms with Gasteiger partial charge in [-0.05, 0) is 51.8 Å². The summed E-state index contributed by atoms with van der Waals surface area (Å²) in [5.74, 6) is -0.257. The van der Waals surface area contributed by atoms with Crippen LogP contribution in [0.25, 0.3) is 0 Å². The number of nitrogens with zero attached hydrogens (tertiary/aromatic N) is 2. The second kappa shape index (κ2) is 10.9. The van der Waals surface area contributed by atoms with Crippen LogP contribution < -0.4 is 10.6 Å². The maximum absolute atomic E-state index is 13.7. The second-order valence-corrected chi connectivity index (χ2v) is 6.42. The maximum Gasteiger partial charge on any atom is 0.191 e. The molecule has 4 nitrogen and oxygen atoms in total. The van der Waals surface area contributed by atoms with Crippen molar-refractivity contribution < 1.29 is 8.78 Å². The molecule has 0 spiro atoms. The van der Waals surface area contributed by atoms with E-state index < -0.39 is 11.6 Å². The van der Waals surface area contributed by atoms with E-state index in [-0.39, 0.29) is 36.1 Å². The van der Waals surface area contributed by atoms with Gasteiger partial charge >= 0.3 is 0 Å². The van der Waals surface area contributed by atoms with Gasteiger partial charge in [0, 0.05) is 37.3 Å². The quantitative estimate of drug-likeness (QED) is 0.350. The smallest absolute Gasteiger partial charge is 0.191 e. The number of benzene rings is 1. The van der Waals surface area contributed by atoms with Crippen LogP contribution in [0.2, 0.25) is 0 Å². The first-order chi connectivity index (χ1) is 11.5. The Hall–Kier alpha value is -0.960. The molecule has 0 amide bonds. The van der Waals surface area contributed by atoms with E-state index in [1.54, 1.807) is 0 Å². The predicted molar refractivity (Wildman–Crippen MR) is 109 cm³/mol. The van der Waals surface area contributed by atoms with E-state index in [9.17, 15) is 8.78 Å². The van der Waals surface area contributed by atoms with Crippen LogP contribution >= 0.6 is 24.0 Å². The monoisotopic (exact) mass is 466 g/mol. The number of hydrogen-bond donors (Lipinski definition) is 2.